The highest BCUT2D eigenvalue weighted by atomic mass is 16.5. The van der Waals surface area contributed by atoms with E-state index in [0.29, 0.717) is 17.2 Å². The van der Waals surface area contributed by atoms with Gasteiger partial charge < -0.3 is 19.9 Å². The van der Waals surface area contributed by atoms with Gasteiger partial charge >= 0.3 is 11.9 Å². The van der Waals surface area contributed by atoms with Gasteiger partial charge in [0.25, 0.3) is 0 Å². The minimum absolute atomic E-state index is 0.171. The SMILES string of the molecule is COC(=O)C(=O)Nc1ccc(Oc2ccc(O)c(C(C)C)c2)cc1. The number of anilines is 1. The molecule has 2 aromatic rings. The number of aromatic hydroxyl groups is 1. The van der Waals surface area contributed by atoms with Crippen LogP contribution < -0.4 is 10.1 Å². The molecule has 0 aliphatic carbocycles. The van der Waals surface area contributed by atoms with Crippen molar-refractivity contribution in [1.29, 1.82) is 0 Å². The second kappa shape index (κ2) is 7.50. The number of carbonyl (C=O) groups excluding carboxylic acids is 2. The van der Waals surface area contributed by atoms with Gasteiger partial charge in [-0.25, -0.2) is 4.79 Å². The van der Waals surface area contributed by atoms with E-state index in [1.165, 1.54) is 0 Å². The van der Waals surface area contributed by atoms with Gasteiger partial charge in [0, 0.05) is 11.3 Å². The standard InChI is InChI=1S/C18H19NO5/c1-11(2)15-10-14(8-9-16(15)20)24-13-6-4-12(5-7-13)19-17(21)18(22)23-3/h4-11,20H,1-3H3,(H,19,21). The smallest absolute Gasteiger partial charge is 0.396 e. The number of esters is 1. The molecule has 2 aromatic carbocycles. The summed E-state index contributed by atoms with van der Waals surface area (Å²) in [4.78, 5) is 22.5. The molecule has 1 amide bonds. The largest absolute Gasteiger partial charge is 0.508 e. The van der Waals surface area contributed by atoms with E-state index in [4.69, 9.17) is 4.74 Å². The average molecular weight is 329 g/mol. The van der Waals surface area contributed by atoms with Crippen LogP contribution in [0.25, 0.3) is 0 Å². The van der Waals surface area contributed by atoms with Crippen LogP contribution in [0.3, 0.4) is 0 Å². The third-order valence-electron chi connectivity index (χ3n) is 3.34. The molecule has 0 saturated heterocycles. The summed E-state index contributed by atoms with van der Waals surface area (Å²) in [7, 11) is 1.14. The third kappa shape index (κ3) is 4.25. The van der Waals surface area contributed by atoms with E-state index in [1.807, 2.05) is 13.8 Å². The molecule has 6 nitrogen and oxygen atoms in total. The molecule has 0 aromatic heterocycles. The number of benzene rings is 2. The number of hydrogen-bond donors (Lipinski definition) is 2. The summed E-state index contributed by atoms with van der Waals surface area (Å²) in [6.45, 7) is 3.97. The summed E-state index contributed by atoms with van der Waals surface area (Å²) in [6.07, 6.45) is 0. The van der Waals surface area contributed by atoms with Crippen LogP contribution >= 0.6 is 0 Å². The summed E-state index contributed by atoms with van der Waals surface area (Å²) in [6, 6.07) is 11.6. The number of ether oxygens (including phenoxy) is 2. The van der Waals surface area contributed by atoms with Gasteiger partial charge in [0.05, 0.1) is 7.11 Å². The summed E-state index contributed by atoms with van der Waals surface area (Å²) >= 11 is 0. The summed E-state index contributed by atoms with van der Waals surface area (Å²) in [5.74, 6) is -0.232. The van der Waals surface area contributed by atoms with Crippen molar-refractivity contribution in [1.82, 2.24) is 0 Å². The lowest BCUT2D eigenvalue weighted by Crippen LogP contribution is -2.23. The zero-order valence-electron chi connectivity index (χ0n) is 13.7. The lowest BCUT2D eigenvalue weighted by molar-refractivity contribution is -0.150. The third-order valence-corrected chi connectivity index (χ3v) is 3.34. The predicted molar refractivity (Wildman–Crippen MR) is 89.4 cm³/mol. The highest BCUT2D eigenvalue weighted by Crippen LogP contribution is 2.31. The van der Waals surface area contributed by atoms with Crippen LogP contribution in [0.4, 0.5) is 5.69 Å². The first-order chi connectivity index (χ1) is 11.4. The van der Waals surface area contributed by atoms with Gasteiger partial charge in [-0.15, -0.1) is 0 Å². The maximum absolute atomic E-state index is 11.4. The number of hydrogen-bond acceptors (Lipinski definition) is 5. The first kappa shape index (κ1) is 17.3. The molecule has 6 heteroatoms. The number of carbonyl (C=O) groups is 2. The normalized spacial score (nSPS) is 10.3. The van der Waals surface area contributed by atoms with Gasteiger partial charge in [0.2, 0.25) is 0 Å². The molecule has 0 saturated carbocycles. The molecule has 0 spiro atoms. The van der Waals surface area contributed by atoms with Crippen molar-refractivity contribution < 1.29 is 24.2 Å². The van der Waals surface area contributed by atoms with Gasteiger partial charge in [0.15, 0.2) is 0 Å². The molecule has 126 valence electrons. The fourth-order valence-corrected chi connectivity index (χ4v) is 2.08. The van der Waals surface area contributed by atoms with Crippen molar-refractivity contribution >= 4 is 17.6 Å². The summed E-state index contributed by atoms with van der Waals surface area (Å²) < 4.78 is 10.1. The molecule has 0 radical (unpaired) electrons. The van der Waals surface area contributed by atoms with Gasteiger partial charge in [0.1, 0.15) is 17.2 Å². The zero-order valence-corrected chi connectivity index (χ0v) is 13.7. The molecule has 2 rings (SSSR count). The number of phenols is 1. The van der Waals surface area contributed by atoms with Crippen LogP contribution in [-0.2, 0) is 14.3 Å². The van der Waals surface area contributed by atoms with E-state index in [-0.39, 0.29) is 11.7 Å². The highest BCUT2D eigenvalue weighted by Gasteiger charge is 2.13. The van der Waals surface area contributed by atoms with Crippen molar-refractivity contribution in [3.05, 3.63) is 48.0 Å². The van der Waals surface area contributed by atoms with Crippen LogP contribution in [-0.4, -0.2) is 24.1 Å². The lowest BCUT2D eigenvalue weighted by Gasteiger charge is -2.12. The number of phenolic OH excluding ortho intramolecular Hbond substituents is 1. The molecule has 0 fully saturated rings. The van der Waals surface area contributed by atoms with E-state index < -0.39 is 11.9 Å². The van der Waals surface area contributed by atoms with E-state index >= 15 is 0 Å². The molecule has 0 unspecified atom stereocenters. The molecule has 2 N–H and O–H groups in total. The molecule has 0 atom stereocenters. The van der Waals surface area contributed by atoms with E-state index in [2.05, 4.69) is 10.1 Å². The fourth-order valence-electron chi connectivity index (χ4n) is 2.08. The Labute approximate surface area is 140 Å². The minimum Gasteiger partial charge on any atom is -0.508 e. The molecule has 0 aliphatic rings. The van der Waals surface area contributed by atoms with Gasteiger partial charge in [-0.1, -0.05) is 13.8 Å². The topological polar surface area (TPSA) is 84.9 Å². The molecule has 0 heterocycles. The Morgan fingerprint density at radius 2 is 1.67 bits per heavy atom. The summed E-state index contributed by atoms with van der Waals surface area (Å²) in [5, 5.41) is 12.2. The Morgan fingerprint density at radius 1 is 1.04 bits per heavy atom. The first-order valence-electron chi connectivity index (χ1n) is 7.41. The highest BCUT2D eigenvalue weighted by molar-refractivity contribution is 6.37. The predicted octanol–water partition coefficient (Wildman–Crippen LogP) is 3.42. The number of amides is 1. The van der Waals surface area contributed by atoms with Crippen LogP contribution in [0.2, 0.25) is 0 Å². The van der Waals surface area contributed by atoms with E-state index in [1.54, 1.807) is 42.5 Å². The fraction of sp³-hybridized carbons (Fsp3) is 0.222. The summed E-state index contributed by atoms with van der Waals surface area (Å²) in [5.41, 5.74) is 1.25. The van der Waals surface area contributed by atoms with Crippen LogP contribution in [0.15, 0.2) is 42.5 Å². The van der Waals surface area contributed by atoms with Gasteiger partial charge in [-0.3, -0.25) is 4.79 Å². The zero-order chi connectivity index (χ0) is 17.7. The molecule has 0 bridgehead atoms. The van der Waals surface area contributed by atoms with Crippen LogP contribution in [0, 0.1) is 0 Å². The molecule has 24 heavy (non-hydrogen) atoms. The van der Waals surface area contributed by atoms with Crippen molar-refractivity contribution in [3.63, 3.8) is 0 Å². The maximum atomic E-state index is 11.4. The molecular formula is C18H19NO5. The van der Waals surface area contributed by atoms with E-state index in [9.17, 15) is 14.7 Å². The van der Waals surface area contributed by atoms with Crippen molar-refractivity contribution in [2.24, 2.45) is 0 Å². The number of nitrogens with one attached hydrogen (secondary N) is 1. The van der Waals surface area contributed by atoms with Crippen molar-refractivity contribution in [3.8, 4) is 17.2 Å². The average Bonchev–Trinajstić information content (AvgIpc) is 2.57. The molecule has 0 aliphatic heterocycles. The quantitative estimate of drug-likeness (QED) is 0.663. The Hall–Kier alpha value is -3.02. The van der Waals surface area contributed by atoms with Crippen LogP contribution in [0.5, 0.6) is 17.2 Å². The van der Waals surface area contributed by atoms with Gasteiger partial charge in [-0.05, 0) is 48.4 Å². The lowest BCUT2D eigenvalue weighted by atomic mass is 10.0. The monoisotopic (exact) mass is 329 g/mol. The maximum Gasteiger partial charge on any atom is 0.396 e. The Morgan fingerprint density at radius 3 is 2.25 bits per heavy atom. The van der Waals surface area contributed by atoms with Crippen molar-refractivity contribution in [2.75, 3.05) is 12.4 Å². The Bertz CT molecular complexity index is 738. The number of methoxy groups -OCH3 is 1. The number of rotatable bonds is 4. The van der Waals surface area contributed by atoms with Crippen molar-refractivity contribution in [2.45, 2.75) is 19.8 Å². The molecular weight excluding hydrogens is 310 g/mol. The second-order valence-corrected chi connectivity index (χ2v) is 5.45. The van der Waals surface area contributed by atoms with Crippen LogP contribution in [0.1, 0.15) is 25.3 Å². The Kier molecular flexibility index (Phi) is 5.42. The van der Waals surface area contributed by atoms with E-state index in [0.717, 1.165) is 12.7 Å². The van der Waals surface area contributed by atoms with Gasteiger partial charge in [-0.2, -0.15) is 0 Å². The second-order valence-electron chi connectivity index (χ2n) is 5.45. The Balaban J connectivity index is 2.08. The first-order valence-corrected chi connectivity index (χ1v) is 7.41. The minimum atomic E-state index is -0.958.